The van der Waals surface area contributed by atoms with E-state index in [2.05, 4.69) is 31.8 Å². The summed E-state index contributed by atoms with van der Waals surface area (Å²) in [6, 6.07) is 2.05. The molecule has 1 atom stereocenters. The Labute approximate surface area is 153 Å². The van der Waals surface area contributed by atoms with Crippen molar-refractivity contribution in [3.05, 3.63) is 54.4 Å². The zero-order chi connectivity index (χ0) is 17.9. The summed E-state index contributed by atoms with van der Waals surface area (Å²) in [6.45, 7) is 6.01. The molecule has 7 nitrogen and oxygen atoms in total. The van der Waals surface area contributed by atoms with Gasteiger partial charge in [-0.25, -0.2) is 19.9 Å². The second-order valence-corrected chi connectivity index (χ2v) is 6.67. The number of aromatic nitrogens is 6. The fourth-order valence-electron chi connectivity index (χ4n) is 3.53. The van der Waals surface area contributed by atoms with Crippen LogP contribution in [0, 0.1) is 6.92 Å². The number of hydrogen-bond acceptors (Lipinski definition) is 6. The number of piperidine rings is 1. The lowest BCUT2D eigenvalue weighted by Gasteiger charge is -2.33. The normalized spacial score (nSPS) is 17.5. The standard InChI is InChI=1S/C19H23N7/c1-3-17-21-6-8-26(17)19-11-20-10-16(24-19)15-5-4-7-25(12-15)18-9-14(2)22-13-23-18/h6,8-11,13,15H,3-5,7,12H2,1-2H3/t15-/m0/s1. The van der Waals surface area contributed by atoms with E-state index in [1.165, 1.54) is 0 Å². The molecule has 7 heteroatoms. The third-order valence-corrected chi connectivity index (χ3v) is 4.87. The summed E-state index contributed by atoms with van der Waals surface area (Å²) in [5.74, 6) is 3.18. The molecule has 134 valence electrons. The van der Waals surface area contributed by atoms with Crippen LogP contribution in [0.3, 0.4) is 0 Å². The Morgan fingerprint density at radius 1 is 1.15 bits per heavy atom. The summed E-state index contributed by atoms with van der Waals surface area (Å²) < 4.78 is 2.02. The molecule has 3 aromatic heterocycles. The van der Waals surface area contributed by atoms with Crippen LogP contribution in [0.1, 0.15) is 42.9 Å². The third-order valence-electron chi connectivity index (χ3n) is 4.87. The number of imidazole rings is 1. The Bertz CT molecular complexity index is 889. The van der Waals surface area contributed by atoms with Gasteiger partial charge in [0, 0.05) is 55.8 Å². The first-order chi connectivity index (χ1) is 12.7. The highest BCUT2D eigenvalue weighted by molar-refractivity contribution is 5.40. The molecule has 0 aromatic carbocycles. The van der Waals surface area contributed by atoms with Gasteiger partial charge in [-0.2, -0.15) is 0 Å². The molecule has 1 saturated heterocycles. The van der Waals surface area contributed by atoms with Crippen LogP contribution in [0.2, 0.25) is 0 Å². The Hall–Kier alpha value is -2.83. The SMILES string of the molecule is CCc1nccn1-c1cncc([C@H]2CCCN(c3cc(C)ncn3)C2)n1. The third kappa shape index (κ3) is 3.29. The summed E-state index contributed by atoms with van der Waals surface area (Å²) in [7, 11) is 0. The van der Waals surface area contributed by atoms with Crippen molar-refractivity contribution in [1.82, 2.24) is 29.5 Å². The van der Waals surface area contributed by atoms with E-state index in [0.717, 1.165) is 61.2 Å². The lowest BCUT2D eigenvalue weighted by atomic mass is 9.95. The summed E-state index contributed by atoms with van der Waals surface area (Å²) >= 11 is 0. The number of aryl methyl sites for hydroxylation is 2. The highest BCUT2D eigenvalue weighted by Crippen LogP contribution is 2.28. The van der Waals surface area contributed by atoms with E-state index >= 15 is 0 Å². The van der Waals surface area contributed by atoms with Crippen LogP contribution < -0.4 is 4.90 Å². The number of hydrogen-bond donors (Lipinski definition) is 0. The second kappa shape index (κ2) is 7.19. The molecule has 0 aliphatic carbocycles. The van der Waals surface area contributed by atoms with Crippen LogP contribution in [-0.4, -0.2) is 42.6 Å². The van der Waals surface area contributed by atoms with E-state index in [4.69, 9.17) is 4.98 Å². The quantitative estimate of drug-likeness (QED) is 0.721. The van der Waals surface area contributed by atoms with Crippen LogP contribution >= 0.6 is 0 Å². The Morgan fingerprint density at radius 2 is 2.08 bits per heavy atom. The topological polar surface area (TPSA) is 72.6 Å². The van der Waals surface area contributed by atoms with E-state index in [1.54, 1.807) is 12.5 Å². The van der Waals surface area contributed by atoms with Gasteiger partial charge in [-0.1, -0.05) is 6.92 Å². The molecule has 0 spiro atoms. The van der Waals surface area contributed by atoms with Crippen molar-refractivity contribution in [2.24, 2.45) is 0 Å². The average Bonchev–Trinajstić information content (AvgIpc) is 3.17. The maximum absolute atomic E-state index is 4.89. The maximum Gasteiger partial charge on any atom is 0.156 e. The van der Waals surface area contributed by atoms with E-state index in [-0.39, 0.29) is 0 Å². The predicted octanol–water partition coefficient (Wildman–Crippen LogP) is 2.71. The molecule has 0 radical (unpaired) electrons. The van der Waals surface area contributed by atoms with Gasteiger partial charge in [0.15, 0.2) is 5.82 Å². The lowest BCUT2D eigenvalue weighted by molar-refractivity contribution is 0.496. The van der Waals surface area contributed by atoms with Crippen LogP contribution in [0.25, 0.3) is 5.82 Å². The van der Waals surface area contributed by atoms with Crippen molar-refractivity contribution in [2.45, 2.75) is 39.0 Å². The first kappa shape index (κ1) is 16.6. The van der Waals surface area contributed by atoms with Crippen molar-refractivity contribution >= 4 is 5.82 Å². The predicted molar refractivity (Wildman–Crippen MR) is 99.5 cm³/mol. The molecule has 1 aliphatic rings. The van der Waals surface area contributed by atoms with E-state index in [9.17, 15) is 0 Å². The maximum atomic E-state index is 4.89. The number of anilines is 1. The van der Waals surface area contributed by atoms with Crippen LogP contribution in [-0.2, 0) is 6.42 Å². The van der Waals surface area contributed by atoms with E-state index in [0.29, 0.717) is 5.92 Å². The van der Waals surface area contributed by atoms with Gasteiger partial charge in [0.25, 0.3) is 0 Å². The second-order valence-electron chi connectivity index (χ2n) is 6.67. The molecule has 26 heavy (non-hydrogen) atoms. The zero-order valence-electron chi connectivity index (χ0n) is 15.2. The van der Waals surface area contributed by atoms with Crippen molar-refractivity contribution < 1.29 is 0 Å². The van der Waals surface area contributed by atoms with E-state index in [1.807, 2.05) is 36.1 Å². The minimum Gasteiger partial charge on any atom is -0.356 e. The largest absolute Gasteiger partial charge is 0.356 e. The number of rotatable bonds is 4. The van der Waals surface area contributed by atoms with Gasteiger partial charge in [-0.3, -0.25) is 9.55 Å². The molecule has 4 rings (SSSR count). The Morgan fingerprint density at radius 3 is 2.92 bits per heavy atom. The molecule has 0 N–H and O–H groups in total. The van der Waals surface area contributed by atoms with Crippen LogP contribution in [0.15, 0.2) is 37.2 Å². The smallest absolute Gasteiger partial charge is 0.156 e. The molecule has 1 aliphatic heterocycles. The minimum absolute atomic E-state index is 0.347. The molecule has 4 heterocycles. The average molecular weight is 349 g/mol. The van der Waals surface area contributed by atoms with Crippen molar-refractivity contribution in [2.75, 3.05) is 18.0 Å². The van der Waals surface area contributed by atoms with Crippen molar-refractivity contribution in [3.63, 3.8) is 0 Å². The van der Waals surface area contributed by atoms with Gasteiger partial charge in [0.05, 0.1) is 11.9 Å². The molecule has 0 bridgehead atoms. The monoisotopic (exact) mass is 349 g/mol. The fraction of sp³-hybridized carbons (Fsp3) is 0.421. The van der Waals surface area contributed by atoms with Crippen molar-refractivity contribution in [1.29, 1.82) is 0 Å². The lowest BCUT2D eigenvalue weighted by Crippen LogP contribution is -2.35. The minimum atomic E-state index is 0.347. The number of nitrogens with zero attached hydrogens (tertiary/aromatic N) is 7. The zero-order valence-corrected chi connectivity index (χ0v) is 15.2. The fourth-order valence-corrected chi connectivity index (χ4v) is 3.53. The van der Waals surface area contributed by atoms with Gasteiger partial charge < -0.3 is 4.90 Å². The summed E-state index contributed by atoms with van der Waals surface area (Å²) in [6.07, 6.45) is 12.2. The van der Waals surface area contributed by atoms with Gasteiger partial charge in [0.2, 0.25) is 0 Å². The molecule has 0 amide bonds. The van der Waals surface area contributed by atoms with Crippen LogP contribution in [0.4, 0.5) is 5.82 Å². The Balaban J connectivity index is 1.58. The van der Waals surface area contributed by atoms with Gasteiger partial charge in [0.1, 0.15) is 18.0 Å². The first-order valence-corrected chi connectivity index (χ1v) is 9.12. The highest BCUT2D eigenvalue weighted by Gasteiger charge is 2.24. The van der Waals surface area contributed by atoms with Crippen LogP contribution in [0.5, 0.6) is 0 Å². The van der Waals surface area contributed by atoms with Gasteiger partial charge in [-0.15, -0.1) is 0 Å². The summed E-state index contributed by atoms with van der Waals surface area (Å²) in [5.41, 5.74) is 2.03. The van der Waals surface area contributed by atoms with Gasteiger partial charge in [-0.05, 0) is 19.8 Å². The summed E-state index contributed by atoms with van der Waals surface area (Å²) in [5, 5.41) is 0. The highest BCUT2D eigenvalue weighted by atomic mass is 15.2. The molecular weight excluding hydrogens is 326 g/mol. The Kier molecular flexibility index (Phi) is 4.60. The summed E-state index contributed by atoms with van der Waals surface area (Å²) in [4.78, 5) is 24.7. The molecule has 3 aromatic rings. The molecule has 0 saturated carbocycles. The molecule has 1 fully saturated rings. The van der Waals surface area contributed by atoms with Crippen molar-refractivity contribution in [3.8, 4) is 5.82 Å². The van der Waals surface area contributed by atoms with E-state index < -0.39 is 0 Å². The molecule has 0 unspecified atom stereocenters. The van der Waals surface area contributed by atoms with Gasteiger partial charge >= 0.3 is 0 Å². The first-order valence-electron chi connectivity index (χ1n) is 9.12. The molecular formula is C19H23N7.